The van der Waals surface area contributed by atoms with E-state index in [0.717, 1.165) is 60.9 Å². The van der Waals surface area contributed by atoms with E-state index in [1.807, 2.05) is 75.1 Å². The van der Waals surface area contributed by atoms with E-state index >= 15 is 4.79 Å². The van der Waals surface area contributed by atoms with Crippen LogP contribution in [0.25, 0.3) is 11.0 Å². The number of amides is 3. The molecule has 0 unspecified atom stereocenters. The summed E-state index contributed by atoms with van der Waals surface area (Å²) < 4.78 is 32.4. The van der Waals surface area contributed by atoms with Crippen molar-refractivity contribution < 1.29 is 37.5 Å². The maximum Gasteiger partial charge on any atom is 0.304 e. The molecular formula is C63H81ClN10O9S. The summed E-state index contributed by atoms with van der Waals surface area (Å²) in [6.07, 6.45) is 10.7. The first-order valence-corrected chi connectivity index (χ1v) is 31.7. The molecule has 21 heteroatoms. The number of nitrogens with one attached hydrogen (secondary N) is 1. The predicted molar refractivity (Wildman–Crippen MR) is 325 cm³/mol. The number of aryl methyl sites for hydroxylation is 2. The minimum Gasteiger partial charge on any atom is -0.481 e. The summed E-state index contributed by atoms with van der Waals surface area (Å²) in [4.78, 5) is 102. The van der Waals surface area contributed by atoms with Gasteiger partial charge in [-0.1, -0.05) is 107 Å². The van der Waals surface area contributed by atoms with Gasteiger partial charge in [0.25, 0.3) is 5.56 Å². The summed E-state index contributed by atoms with van der Waals surface area (Å²) >= 11 is 6.38. The van der Waals surface area contributed by atoms with Crippen molar-refractivity contribution in [2.24, 2.45) is 10.8 Å². The predicted octanol–water partition coefficient (Wildman–Crippen LogP) is 9.63. The van der Waals surface area contributed by atoms with Crippen LogP contribution in [0.4, 0.5) is 17.5 Å². The first-order valence-electron chi connectivity index (χ1n) is 29.7. The van der Waals surface area contributed by atoms with Crippen molar-refractivity contribution in [2.75, 3.05) is 68.3 Å². The third kappa shape index (κ3) is 13.8. The first-order chi connectivity index (χ1) is 39.9. The van der Waals surface area contributed by atoms with E-state index in [4.69, 9.17) is 16.6 Å². The highest BCUT2D eigenvalue weighted by atomic mass is 35.5. The fourth-order valence-electron chi connectivity index (χ4n) is 13.2. The van der Waals surface area contributed by atoms with Gasteiger partial charge in [0.05, 0.1) is 47.1 Å². The molecule has 9 rings (SSSR count). The molecule has 19 nitrogen and oxygen atoms in total. The molecule has 450 valence electrons. The fraction of sp³-hybridized carbons (Fsp3) is 0.540. The number of rotatable bonds is 20. The van der Waals surface area contributed by atoms with Gasteiger partial charge in [0.15, 0.2) is 5.78 Å². The Bertz CT molecular complexity index is 3420. The Morgan fingerprint density at radius 1 is 0.810 bits per heavy atom. The second kappa shape index (κ2) is 25.8. The number of aliphatic carboxylic acids is 1. The third-order valence-electron chi connectivity index (χ3n) is 17.8. The summed E-state index contributed by atoms with van der Waals surface area (Å²) in [7, 11) is -4.02. The number of aromatic nitrogens is 4. The number of hydrogen-bond acceptors (Lipinski definition) is 13. The van der Waals surface area contributed by atoms with E-state index in [0.29, 0.717) is 85.2 Å². The molecule has 6 heterocycles. The summed E-state index contributed by atoms with van der Waals surface area (Å²) in [5.41, 5.74) is 2.52. The van der Waals surface area contributed by atoms with Gasteiger partial charge in [-0.2, -0.15) is 9.29 Å². The topological polar surface area (TPSA) is 229 Å². The molecule has 3 aromatic heterocycles. The quantitative estimate of drug-likeness (QED) is 0.0546. The molecular weight excluding hydrogens is 1110 g/mol. The number of Topliss-reactive ketones (excluding diaryl/α,β-unsaturated/α-hetero) is 1. The minimum atomic E-state index is -4.02. The van der Waals surface area contributed by atoms with Gasteiger partial charge in [0.2, 0.25) is 33.7 Å². The van der Waals surface area contributed by atoms with Gasteiger partial charge >= 0.3 is 5.97 Å². The number of carbonyl (C=O) groups excluding carboxylic acids is 4. The van der Waals surface area contributed by atoms with Crippen LogP contribution in [-0.2, 0) is 29.2 Å². The van der Waals surface area contributed by atoms with Gasteiger partial charge in [-0.3, -0.25) is 33.3 Å². The Morgan fingerprint density at radius 3 is 2.01 bits per heavy atom. The maximum atomic E-state index is 15.1. The standard InChI is InChI=1S/C63H81ClN10O9S/c1-41-15-14-16-45(35-41)49-36-63(7,37-55(78)79)60(81)74(57(49)44-21-23-46(64)24-22-44)51(62(4,5)6)40-84(82,83)72-33-31-71(32-34-72)54(77)20-11-9-8-10-19-53(76)70-29-27-69(28-30-70)48-25-26-52(65-38-48)67-61-66-39-50-42(2)56(43(3)75)59(80)73(58(50)68-61)47-17-12-13-18-47/h14-16,21-26,35,38-39,47,49,51,57H,8-13,17-20,27-34,36-37,40H2,1-7H3,(H,78,79)(H,65,66,67,68)/t49-,51-,57-,63-/m1/s1. The van der Waals surface area contributed by atoms with Crippen molar-refractivity contribution in [3.05, 3.63) is 116 Å². The number of sulfonamides is 1. The van der Waals surface area contributed by atoms with Crippen LogP contribution in [-0.4, -0.2) is 146 Å². The molecule has 5 aromatic rings. The number of likely N-dealkylation sites (tertiary alicyclic amines) is 1. The van der Waals surface area contributed by atoms with Crippen LogP contribution < -0.4 is 15.8 Å². The van der Waals surface area contributed by atoms with Crippen LogP contribution in [0, 0.1) is 24.7 Å². The number of carboxylic acid groups (broad SMARTS) is 1. The van der Waals surface area contributed by atoms with Gasteiger partial charge in [-0.05, 0) is 99.2 Å². The number of fused-ring (bicyclic) bond motifs is 1. The zero-order chi connectivity index (χ0) is 60.3. The Balaban J connectivity index is 0.727. The number of hydrogen-bond donors (Lipinski definition) is 2. The van der Waals surface area contributed by atoms with Gasteiger partial charge in [0.1, 0.15) is 11.5 Å². The average Bonchev–Trinajstić information content (AvgIpc) is 1.25. The number of nitrogens with zero attached hydrogens (tertiary/aromatic N) is 9. The Hall–Kier alpha value is -6.77. The van der Waals surface area contributed by atoms with E-state index in [2.05, 4.69) is 26.3 Å². The lowest BCUT2D eigenvalue weighted by molar-refractivity contribution is -0.162. The number of piperidine rings is 1. The number of piperazine rings is 2. The molecule has 1 saturated carbocycles. The summed E-state index contributed by atoms with van der Waals surface area (Å²) in [5, 5.41) is 14.5. The van der Waals surface area contributed by atoms with Crippen molar-refractivity contribution in [3.8, 4) is 0 Å². The molecule has 0 spiro atoms. The van der Waals surface area contributed by atoms with E-state index in [1.165, 1.54) is 11.2 Å². The Labute approximate surface area is 498 Å². The number of pyridine rings is 2. The molecule has 3 saturated heterocycles. The maximum absolute atomic E-state index is 15.1. The summed E-state index contributed by atoms with van der Waals surface area (Å²) in [6.45, 7) is 15.8. The zero-order valence-corrected chi connectivity index (χ0v) is 51.2. The van der Waals surface area contributed by atoms with Crippen LogP contribution in [0.15, 0.2) is 77.9 Å². The summed E-state index contributed by atoms with van der Waals surface area (Å²) in [5.74, 6) is -1.62. The Kier molecular flexibility index (Phi) is 19.0. The number of benzene rings is 2. The number of carboxylic acids is 1. The molecule has 0 radical (unpaired) electrons. The molecule has 2 aromatic carbocycles. The lowest BCUT2D eigenvalue weighted by Crippen LogP contribution is -2.61. The molecule has 1 aliphatic carbocycles. The first kappa shape index (κ1) is 61.8. The molecule has 4 atom stereocenters. The van der Waals surface area contributed by atoms with Crippen LogP contribution in [0.2, 0.25) is 5.02 Å². The molecule has 0 bridgehead atoms. The van der Waals surface area contributed by atoms with Gasteiger partial charge in [0, 0.05) is 93.8 Å². The second-order valence-electron chi connectivity index (χ2n) is 24.9. The highest BCUT2D eigenvalue weighted by molar-refractivity contribution is 7.89. The number of carbonyl (C=O) groups is 5. The van der Waals surface area contributed by atoms with Crippen molar-refractivity contribution in [2.45, 2.75) is 150 Å². The van der Waals surface area contributed by atoms with Crippen molar-refractivity contribution >= 4 is 79.6 Å². The summed E-state index contributed by atoms with van der Waals surface area (Å²) in [6, 6.07) is 17.5. The van der Waals surface area contributed by atoms with E-state index < -0.39 is 51.2 Å². The molecule has 3 aliphatic heterocycles. The van der Waals surface area contributed by atoms with Crippen molar-refractivity contribution in [3.63, 3.8) is 0 Å². The lowest BCUT2D eigenvalue weighted by atomic mass is 9.66. The van der Waals surface area contributed by atoms with Gasteiger partial charge in [-0.25, -0.2) is 18.4 Å². The number of ketones is 1. The van der Waals surface area contributed by atoms with E-state index in [1.54, 1.807) is 52.7 Å². The normalized spacial score (nSPS) is 20.6. The SMILES string of the molecule is CC(=O)c1c(C)c2cnc(Nc3ccc(N4CCN(C(=O)CCCCCCC(=O)N5CCN(S(=O)(=O)C[C@@H](N6C(=O)[C@@](C)(CC(=O)O)C[C@H](c7cccc(C)c7)[C@H]6c6ccc(Cl)cc6)C(C)(C)C)CC5)CC4)cn3)nc2n(C2CCCC2)c1=O. The average molecular weight is 1190 g/mol. The zero-order valence-electron chi connectivity index (χ0n) is 49.6. The number of halogens is 1. The van der Waals surface area contributed by atoms with E-state index in [-0.39, 0.29) is 79.0 Å². The largest absolute Gasteiger partial charge is 0.481 e. The van der Waals surface area contributed by atoms with Crippen molar-refractivity contribution in [1.82, 2.24) is 38.5 Å². The third-order valence-corrected chi connectivity index (χ3v) is 19.9. The van der Waals surface area contributed by atoms with Crippen molar-refractivity contribution in [1.29, 1.82) is 0 Å². The fourth-order valence-corrected chi connectivity index (χ4v) is 15.3. The molecule has 84 heavy (non-hydrogen) atoms. The number of unbranched alkanes of at least 4 members (excludes halogenated alkanes) is 3. The molecule has 4 fully saturated rings. The Morgan fingerprint density at radius 2 is 1.44 bits per heavy atom. The molecule has 4 aliphatic rings. The van der Waals surface area contributed by atoms with Crippen LogP contribution in [0.1, 0.15) is 162 Å². The minimum absolute atomic E-state index is 0.0259. The highest BCUT2D eigenvalue weighted by Gasteiger charge is 2.55. The molecule has 2 N–H and O–H groups in total. The van der Waals surface area contributed by atoms with Gasteiger partial charge < -0.3 is 30.0 Å². The van der Waals surface area contributed by atoms with Crippen LogP contribution >= 0.6 is 11.6 Å². The van der Waals surface area contributed by atoms with Crippen LogP contribution in [0.3, 0.4) is 0 Å². The monoisotopic (exact) mass is 1190 g/mol. The van der Waals surface area contributed by atoms with E-state index in [9.17, 15) is 37.5 Å². The highest BCUT2D eigenvalue weighted by Crippen LogP contribution is 2.53. The number of anilines is 3. The smallest absolute Gasteiger partial charge is 0.304 e. The van der Waals surface area contributed by atoms with Crippen LogP contribution in [0.5, 0.6) is 0 Å². The second-order valence-corrected chi connectivity index (χ2v) is 27.4. The molecule has 3 amide bonds. The van der Waals surface area contributed by atoms with Gasteiger partial charge in [-0.15, -0.1) is 0 Å². The lowest BCUT2D eigenvalue weighted by Gasteiger charge is -2.54.